The van der Waals surface area contributed by atoms with Gasteiger partial charge in [-0.2, -0.15) is 0 Å². The Morgan fingerprint density at radius 2 is 1.88 bits per heavy atom. The fraction of sp³-hybridized carbons (Fsp3) is 0.278. The standard InChI is InChI=1S/C18H20ClNO3S/c1-4-9-24-17-8-6-5-7-12(17)18(21)20-14-11-15(22-2)13(19)10-16(14)23-3/h5-8,10-11H,4,9H2,1-3H3,(H,20,21). The first-order chi connectivity index (χ1) is 11.6. The number of carbonyl (C=O) groups excluding carboxylic acids is 1. The minimum absolute atomic E-state index is 0.197. The molecule has 1 amide bonds. The second kappa shape index (κ2) is 8.85. The maximum absolute atomic E-state index is 12.7. The van der Waals surface area contributed by atoms with E-state index in [9.17, 15) is 4.79 Å². The summed E-state index contributed by atoms with van der Waals surface area (Å²) in [6, 6.07) is 10.8. The van der Waals surface area contributed by atoms with Gasteiger partial charge >= 0.3 is 0 Å². The van der Waals surface area contributed by atoms with Gasteiger partial charge in [-0.05, 0) is 24.3 Å². The van der Waals surface area contributed by atoms with Crippen molar-refractivity contribution in [3.05, 3.63) is 47.0 Å². The van der Waals surface area contributed by atoms with Crippen LogP contribution >= 0.6 is 23.4 Å². The van der Waals surface area contributed by atoms with E-state index in [1.165, 1.54) is 14.2 Å². The van der Waals surface area contributed by atoms with Crippen molar-refractivity contribution in [3.63, 3.8) is 0 Å². The zero-order valence-electron chi connectivity index (χ0n) is 13.9. The van der Waals surface area contributed by atoms with Crippen LogP contribution in [0.25, 0.3) is 0 Å². The Morgan fingerprint density at radius 3 is 2.54 bits per heavy atom. The number of benzene rings is 2. The summed E-state index contributed by atoms with van der Waals surface area (Å²) in [5.74, 6) is 1.72. The van der Waals surface area contributed by atoms with Crippen LogP contribution in [0.3, 0.4) is 0 Å². The zero-order chi connectivity index (χ0) is 17.5. The van der Waals surface area contributed by atoms with Crippen LogP contribution in [0.15, 0.2) is 41.3 Å². The third-order valence-electron chi connectivity index (χ3n) is 3.32. The van der Waals surface area contributed by atoms with Crippen molar-refractivity contribution in [1.29, 1.82) is 0 Å². The zero-order valence-corrected chi connectivity index (χ0v) is 15.5. The number of methoxy groups -OCH3 is 2. The molecular weight excluding hydrogens is 346 g/mol. The van der Waals surface area contributed by atoms with E-state index in [0.29, 0.717) is 27.8 Å². The second-order valence-corrected chi connectivity index (χ2v) is 6.53. The molecule has 1 N–H and O–H groups in total. The van der Waals surface area contributed by atoms with Gasteiger partial charge in [0, 0.05) is 17.0 Å². The first-order valence-corrected chi connectivity index (χ1v) is 8.91. The van der Waals surface area contributed by atoms with E-state index >= 15 is 0 Å². The van der Waals surface area contributed by atoms with E-state index in [1.54, 1.807) is 23.9 Å². The molecule has 2 rings (SSSR count). The van der Waals surface area contributed by atoms with Crippen molar-refractivity contribution in [2.75, 3.05) is 25.3 Å². The van der Waals surface area contributed by atoms with Gasteiger partial charge in [-0.1, -0.05) is 30.7 Å². The van der Waals surface area contributed by atoms with Gasteiger partial charge in [-0.15, -0.1) is 11.8 Å². The van der Waals surface area contributed by atoms with Crippen molar-refractivity contribution >= 4 is 35.0 Å². The summed E-state index contributed by atoms with van der Waals surface area (Å²) in [5.41, 5.74) is 1.14. The van der Waals surface area contributed by atoms with E-state index in [2.05, 4.69) is 12.2 Å². The lowest BCUT2D eigenvalue weighted by Gasteiger charge is -2.14. The first-order valence-electron chi connectivity index (χ1n) is 7.55. The highest BCUT2D eigenvalue weighted by Crippen LogP contribution is 2.36. The van der Waals surface area contributed by atoms with Gasteiger partial charge in [-0.25, -0.2) is 0 Å². The molecular formula is C18H20ClNO3S. The molecule has 0 fully saturated rings. The predicted molar refractivity (Wildman–Crippen MR) is 100.0 cm³/mol. The lowest BCUT2D eigenvalue weighted by Crippen LogP contribution is -2.14. The monoisotopic (exact) mass is 365 g/mol. The molecule has 0 unspecified atom stereocenters. The highest BCUT2D eigenvalue weighted by Gasteiger charge is 2.16. The van der Waals surface area contributed by atoms with Crippen molar-refractivity contribution < 1.29 is 14.3 Å². The average Bonchev–Trinajstić information content (AvgIpc) is 2.61. The van der Waals surface area contributed by atoms with Gasteiger partial charge in [0.05, 0.1) is 30.5 Å². The Morgan fingerprint density at radius 1 is 1.17 bits per heavy atom. The van der Waals surface area contributed by atoms with Crippen LogP contribution in [-0.4, -0.2) is 25.9 Å². The fourth-order valence-corrected chi connectivity index (χ4v) is 3.29. The highest BCUT2D eigenvalue weighted by atomic mass is 35.5. The Balaban J connectivity index is 2.30. The molecule has 0 radical (unpaired) electrons. The fourth-order valence-electron chi connectivity index (χ4n) is 2.14. The smallest absolute Gasteiger partial charge is 0.256 e. The summed E-state index contributed by atoms with van der Waals surface area (Å²) in [5, 5.41) is 3.30. The summed E-state index contributed by atoms with van der Waals surface area (Å²) in [6.45, 7) is 2.11. The van der Waals surface area contributed by atoms with Gasteiger partial charge in [0.1, 0.15) is 11.5 Å². The summed E-state index contributed by atoms with van der Waals surface area (Å²) < 4.78 is 10.5. The maximum atomic E-state index is 12.7. The van der Waals surface area contributed by atoms with Crippen molar-refractivity contribution in [1.82, 2.24) is 0 Å². The molecule has 0 bridgehead atoms. The molecule has 0 aromatic heterocycles. The highest BCUT2D eigenvalue weighted by molar-refractivity contribution is 7.99. The molecule has 0 atom stereocenters. The van der Waals surface area contributed by atoms with Gasteiger partial charge in [-0.3, -0.25) is 4.79 Å². The van der Waals surface area contributed by atoms with Gasteiger partial charge in [0.2, 0.25) is 0 Å². The number of ether oxygens (including phenoxy) is 2. The molecule has 0 aliphatic heterocycles. The Labute approximate surface area is 151 Å². The number of rotatable bonds is 7. The minimum Gasteiger partial charge on any atom is -0.495 e. The molecule has 24 heavy (non-hydrogen) atoms. The molecule has 0 saturated heterocycles. The van der Waals surface area contributed by atoms with Crippen LogP contribution in [-0.2, 0) is 0 Å². The largest absolute Gasteiger partial charge is 0.495 e. The number of hydrogen-bond acceptors (Lipinski definition) is 4. The summed E-state index contributed by atoms with van der Waals surface area (Å²) in [6.07, 6.45) is 1.04. The van der Waals surface area contributed by atoms with Crippen LogP contribution in [0.1, 0.15) is 23.7 Å². The topological polar surface area (TPSA) is 47.6 Å². The van der Waals surface area contributed by atoms with E-state index in [1.807, 2.05) is 24.3 Å². The number of nitrogens with one attached hydrogen (secondary N) is 1. The summed E-state index contributed by atoms with van der Waals surface area (Å²) in [7, 11) is 3.05. The molecule has 0 heterocycles. The lowest BCUT2D eigenvalue weighted by molar-refractivity contribution is 0.102. The predicted octanol–water partition coefficient (Wildman–Crippen LogP) is 5.11. The third kappa shape index (κ3) is 4.36. The lowest BCUT2D eigenvalue weighted by atomic mass is 10.2. The SMILES string of the molecule is CCCSc1ccccc1C(=O)Nc1cc(OC)c(Cl)cc1OC. The molecule has 4 nitrogen and oxygen atoms in total. The second-order valence-electron chi connectivity index (χ2n) is 4.99. The van der Waals surface area contributed by atoms with Crippen molar-refractivity contribution in [2.24, 2.45) is 0 Å². The van der Waals surface area contributed by atoms with Gasteiger partial charge in [0.25, 0.3) is 5.91 Å². The van der Waals surface area contributed by atoms with E-state index < -0.39 is 0 Å². The molecule has 0 aliphatic rings. The quantitative estimate of drug-likeness (QED) is 0.692. The number of thioether (sulfide) groups is 1. The third-order valence-corrected chi connectivity index (χ3v) is 4.89. The van der Waals surface area contributed by atoms with Gasteiger partial charge in [0.15, 0.2) is 0 Å². The van der Waals surface area contributed by atoms with Crippen LogP contribution in [0, 0.1) is 0 Å². The van der Waals surface area contributed by atoms with Crippen molar-refractivity contribution in [3.8, 4) is 11.5 Å². The minimum atomic E-state index is -0.197. The first kappa shape index (κ1) is 18.5. The van der Waals surface area contributed by atoms with Crippen LogP contribution in [0.5, 0.6) is 11.5 Å². The molecule has 2 aromatic carbocycles. The molecule has 6 heteroatoms. The van der Waals surface area contributed by atoms with Crippen LogP contribution in [0.4, 0.5) is 5.69 Å². The summed E-state index contributed by atoms with van der Waals surface area (Å²) in [4.78, 5) is 13.7. The van der Waals surface area contributed by atoms with Crippen LogP contribution < -0.4 is 14.8 Å². The average molecular weight is 366 g/mol. The van der Waals surface area contributed by atoms with Gasteiger partial charge < -0.3 is 14.8 Å². The Hall–Kier alpha value is -1.85. The number of halogens is 1. The molecule has 0 saturated carbocycles. The molecule has 2 aromatic rings. The number of carbonyl (C=O) groups is 1. The Bertz CT molecular complexity index is 721. The number of hydrogen-bond donors (Lipinski definition) is 1. The molecule has 0 spiro atoms. The molecule has 0 aliphatic carbocycles. The number of amides is 1. The molecule has 128 valence electrons. The Kier molecular flexibility index (Phi) is 6.82. The van der Waals surface area contributed by atoms with Crippen molar-refractivity contribution in [2.45, 2.75) is 18.2 Å². The normalized spacial score (nSPS) is 10.3. The number of anilines is 1. The van der Waals surface area contributed by atoms with E-state index in [-0.39, 0.29) is 5.91 Å². The van der Waals surface area contributed by atoms with Crippen LogP contribution in [0.2, 0.25) is 5.02 Å². The maximum Gasteiger partial charge on any atom is 0.256 e. The summed E-state index contributed by atoms with van der Waals surface area (Å²) >= 11 is 7.76. The van der Waals surface area contributed by atoms with E-state index in [4.69, 9.17) is 21.1 Å². The van der Waals surface area contributed by atoms with E-state index in [0.717, 1.165) is 17.1 Å².